The average Bonchev–Trinajstić information content (AvgIpc) is 2.62. The fourth-order valence-electron chi connectivity index (χ4n) is 2.51. The highest BCUT2D eigenvalue weighted by atomic mass is 19.2. The quantitative estimate of drug-likeness (QED) is 0.863. The minimum atomic E-state index is -1.53. The molecule has 0 atom stereocenters. The highest BCUT2D eigenvalue weighted by Gasteiger charge is 2.19. The summed E-state index contributed by atoms with van der Waals surface area (Å²) in [5, 5.41) is 10.4. The standard InChI is InChI=1S/C15H17F3N6/c1-2-23-5-7-24(8-6-23)15-21-12(9-19-22-15)20-11-4-3-10(16)13(17)14(11)18/h3-4,9H,2,5-8H2,1H3,(H,20,21,22). The van der Waals surface area contributed by atoms with Crippen molar-refractivity contribution in [3.8, 4) is 0 Å². The lowest BCUT2D eigenvalue weighted by atomic mass is 10.3. The summed E-state index contributed by atoms with van der Waals surface area (Å²) in [6, 6.07) is 1.95. The molecule has 2 heterocycles. The molecular formula is C15H17F3N6. The molecule has 0 unspecified atom stereocenters. The van der Waals surface area contributed by atoms with Crippen molar-refractivity contribution in [2.24, 2.45) is 0 Å². The summed E-state index contributed by atoms with van der Waals surface area (Å²) < 4.78 is 40.0. The molecule has 128 valence electrons. The van der Waals surface area contributed by atoms with Crippen molar-refractivity contribution in [1.82, 2.24) is 20.1 Å². The van der Waals surface area contributed by atoms with E-state index in [9.17, 15) is 13.2 Å². The van der Waals surface area contributed by atoms with Crippen molar-refractivity contribution in [2.45, 2.75) is 6.92 Å². The van der Waals surface area contributed by atoms with E-state index in [2.05, 4.69) is 32.3 Å². The SMILES string of the molecule is CCN1CCN(c2nncc(Nc3ccc(F)c(F)c3F)n2)CC1. The van der Waals surface area contributed by atoms with Crippen LogP contribution in [0.3, 0.4) is 0 Å². The molecule has 1 aliphatic heterocycles. The molecule has 1 saturated heterocycles. The third kappa shape index (κ3) is 3.40. The van der Waals surface area contributed by atoms with Crippen molar-refractivity contribution < 1.29 is 13.2 Å². The molecule has 1 aromatic heterocycles. The zero-order valence-electron chi connectivity index (χ0n) is 13.1. The lowest BCUT2D eigenvalue weighted by Gasteiger charge is -2.33. The van der Waals surface area contributed by atoms with E-state index < -0.39 is 17.5 Å². The van der Waals surface area contributed by atoms with Gasteiger partial charge in [0.1, 0.15) is 0 Å². The molecule has 0 spiro atoms. The zero-order chi connectivity index (χ0) is 17.1. The van der Waals surface area contributed by atoms with E-state index in [1.807, 2.05) is 4.90 Å². The lowest BCUT2D eigenvalue weighted by Crippen LogP contribution is -2.46. The molecule has 6 nitrogen and oxygen atoms in total. The number of hydrogen-bond donors (Lipinski definition) is 1. The van der Waals surface area contributed by atoms with Crippen molar-refractivity contribution in [1.29, 1.82) is 0 Å². The van der Waals surface area contributed by atoms with Gasteiger partial charge in [0.15, 0.2) is 23.3 Å². The molecule has 1 aromatic carbocycles. The van der Waals surface area contributed by atoms with Crippen molar-refractivity contribution >= 4 is 17.5 Å². The maximum Gasteiger partial charge on any atom is 0.247 e. The molecule has 0 amide bonds. The molecule has 3 rings (SSSR count). The summed E-state index contributed by atoms with van der Waals surface area (Å²) >= 11 is 0. The third-order valence-corrected chi connectivity index (χ3v) is 3.95. The molecule has 9 heteroatoms. The van der Waals surface area contributed by atoms with Crippen molar-refractivity contribution in [3.63, 3.8) is 0 Å². The van der Waals surface area contributed by atoms with Crippen LogP contribution in [0, 0.1) is 17.5 Å². The van der Waals surface area contributed by atoms with Crippen LogP contribution in [0.4, 0.5) is 30.6 Å². The Bertz CT molecular complexity index is 718. The first kappa shape index (κ1) is 16.4. The van der Waals surface area contributed by atoms with Gasteiger partial charge in [0.2, 0.25) is 5.95 Å². The van der Waals surface area contributed by atoms with Crippen LogP contribution in [0.25, 0.3) is 0 Å². The largest absolute Gasteiger partial charge is 0.337 e. The summed E-state index contributed by atoms with van der Waals surface area (Å²) in [6.45, 7) is 6.42. The third-order valence-electron chi connectivity index (χ3n) is 3.95. The first-order chi connectivity index (χ1) is 11.6. The number of aromatic nitrogens is 3. The molecule has 2 aromatic rings. The Hall–Kier alpha value is -2.42. The van der Waals surface area contributed by atoms with Gasteiger partial charge in [0.05, 0.1) is 11.9 Å². The van der Waals surface area contributed by atoms with Gasteiger partial charge < -0.3 is 15.1 Å². The van der Waals surface area contributed by atoms with Crippen LogP contribution in [0.1, 0.15) is 6.92 Å². The molecule has 0 radical (unpaired) electrons. The van der Waals surface area contributed by atoms with E-state index in [0.717, 1.165) is 44.9 Å². The Morgan fingerprint density at radius 3 is 2.54 bits per heavy atom. The second-order valence-corrected chi connectivity index (χ2v) is 5.41. The highest BCUT2D eigenvalue weighted by Crippen LogP contribution is 2.23. The maximum atomic E-state index is 13.7. The first-order valence-electron chi connectivity index (χ1n) is 7.66. The number of nitrogens with zero attached hydrogens (tertiary/aromatic N) is 5. The van der Waals surface area contributed by atoms with E-state index in [0.29, 0.717) is 5.95 Å². The molecule has 0 aliphatic carbocycles. The second-order valence-electron chi connectivity index (χ2n) is 5.41. The average molecular weight is 338 g/mol. The molecule has 1 fully saturated rings. The molecule has 1 aliphatic rings. The Balaban J connectivity index is 1.75. The normalized spacial score (nSPS) is 15.6. The van der Waals surface area contributed by atoms with Gasteiger partial charge in [0, 0.05) is 26.2 Å². The summed E-state index contributed by atoms with van der Waals surface area (Å²) in [5.74, 6) is -3.44. The van der Waals surface area contributed by atoms with E-state index >= 15 is 0 Å². The van der Waals surface area contributed by atoms with Gasteiger partial charge in [-0.25, -0.2) is 13.2 Å². The van der Waals surface area contributed by atoms with Gasteiger partial charge >= 0.3 is 0 Å². The van der Waals surface area contributed by atoms with Crippen molar-refractivity contribution in [3.05, 3.63) is 35.8 Å². The van der Waals surface area contributed by atoms with E-state index in [4.69, 9.17) is 0 Å². The monoisotopic (exact) mass is 338 g/mol. The van der Waals surface area contributed by atoms with Gasteiger partial charge in [-0.1, -0.05) is 6.92 Å². The number of likely N-dealkylation sites (N-methyl/N-ethyl adjacent to an activating group) is 1. The summed E-state index contributed by atoms with van der Waals surface area (Å²) in [7, 11) is 0. The van der Waals surface area contributed by atoms with Crippen LogP contribution in [0.2, 0.25) is 0 Å². The predicted octanol–water partition coefficient (Wildman–Crippen LogP) is 2.17. The van der Waals surface area contributed by atoms with E-state index in [-0.39, 0.29) is 11.5 Å². The minimum absolute atomic E-state index is 0.211. The Labute approximate surface area is 137 Å². The second kappa shape index (κ2) is 7.00. The molecule has 0 saturated carbocycles. The molecule has 0 bridgehead atoms. The van der Waals surface area contributed by atoms with Crippen LogP contribution in [-0.2, 0) is 0 Å². The van der Waals surface area contributed by atoms with Gasteiger partial charge in [0.25, 0.3) is 0 Å². The van der Waals surface area contributed by atoms with Gasteiger partial charge in [-0.05, 0) is 18.7 Å². The number of piperazine rings is 1. The Kier molecular flexibility index (Phi) is 4.79. The number of rotatable bonds is 4. The van der Waals surface area contributed by atoms with Gasteiger partial charge in [-0.3, -0.25) is 0 Å². The maximum absolute atomic E-state index is 13.7. The van der Waals surface area contributed by atoms with Gasteiger partial charge in [-0.2, -0.15) is 10.1 Å². The number of hydrogen-bond acceptors (Lipinski definition) is 6. The summed E-state index contributed by atoms with van der Waals surface area (Å²) in [6.07, 6.45) is 1.30. The summed E-state index contributed by atoms with van der Waals surface area (Å²) in [4.78, 5) is 8.56. The fourth-order valence-corrected chi connectivity index (χ4v) is 2.51. The first-order valence-corrected chi connectivity index (χ1v) is 7.66. The zero-order valence-corrected chi connectivity index (χ0v) is 13.1. The van der Waals surface area contributed by atoms with E-state index in [1.54, 1.807) is 0 Å². The fraction of sp³-hybridized carbons (Fsp3) is 0.400. The Morgan fingerprint density at radius 1 is 1.08 bits per heavy atom. The van der Waals surface area contributed by atoms with Crippen LogP contribution in [0.15, 0.2) is 18.3 Å². The number of halogens is 3. The highest BCUT2D eigenvalue weighted by molar-refractivity contribution is 5.57. The number of nitrogens with one attached hydrogen (secondary N) is 1. The lowest BCUT2D eigenvalue weighted by molar-refractivity contribution is 0.269. The molecular weight excluding hydrogens is 321 g/mol. The molecule has 24 heavy (non-hydrogen) atoms. The number of benzene rings is 1. The topological polar surface area (TPSA) is 57.2 Å². The van der Waals surface area contributed by atoms with Gasteiger partial charge in [-0.15, -0.1) is 5.10 Å². The van der Waals surface area contributed by atoms with Crippen LogP contribution >= 0.6 is 0 Å². The minimum Gasteiger partial charge on any atom is -0.337 e. The summed E-state index contributed by atoms with van der Waals surface area (Å²) in [5.41, 5.74) is -0.212. The van der Waals surface area contributed by atoms with Crippen molar-refractivity contribution in [2.75, 3.05) is 42.9 Å². The smallest absolute Gasteiger partial charge is 0.247 e. The van der Waals surface area contributed by atoms with Crippen LogP contribution in [0.5, 0.6) is 0 Å². The van der Waals surface area contributed by atoms with Crippen LogP contribution in [-0.4, -0.2) is 52.8 Å². The Morgan fingerprint density at radius 2 is 1.83 bits per heavy atom. The molecule has 1 N–H and O–H groups in total. The van der Waals surface area contributed by atoms with E-state index in [1.165, 1.54) is 6.20 Å². The van der Waals surface area contributed by atoms with Crippen LogP contribution < -0.4 is 10.2 Å². The number of anilines is 3. The predicted molar refractivity (Wildman–Crippen MR) is 83.8 cm³/mol.